The van der Waals surface area contributed by atoms with Crippen molar-refractivity contribution in [1.29, 1.82) is 0 Å². The lowest BCUT2D eigenvalue weighted by Gasteiger charge is -2.37. The van der Waals surface area contributed by atoms with E-state index in [-0.39, 0.29) is 17.6 Å². The Hall–Kier alpha value is -2.40. The number of benzene rings is 1. The van der Waals surface area contributed by atoms with Gasteiger partial charge in [0.15, 0.2) is 6.20 Å². The van der Waals surface area contributed by atoms with Gasteiger partial charge in [0.05, 0.1) is 0 Å². The van der Waals surface area contributed by atoms with Crippen LogP contribution < -0.4 is 10.0 Å². The van der Waals surface area contributed by atoms with Crippen LogP contribution in [0.15, 0.2) is 48.7 Å². The molecule has 0 bridgehead atoms. The van der Waals surface area contributed by atoms with Gasteiger partial charge in [-0.3, -0.25) is 9.69 Å². The highest BCUT2D eigenvalue weighted by molar-refractivity contribution is 5.90. The summed E-state index contributed by atoms with van der Waals surface area (Å²) in [5.41, 5.74) is 2.92. The number of hydrogen-bond donors (Lipinski definition) is 1. The average Bonchev–Trinajstić information content (AvgIpc) is 2.61. The second-order valence-corrected chi connectivity index (χ2v) is 6.92. The number of carbonyl (C=O) groups excluding carboxylic acids is 1. The number of nitrogens with one attached hydrogen (secondary N) is 1. The zero-order chi connectivity index (χ0) is 17.8. The Morgan fingerprint density at radius 1 is 1.20 bits per heavy atom. The Morgan fingerprint density at radius 2 is 1.92 bits per heavy atom. The van der Waals surface area contributed by atoms with Crippen molar-refractivity contribution in [1.82, 2.24) is 10.2 Å². The van der Waals surface area contributed by atoms with E-state index < -0.39 is 0 Å². The summed E-state index contributed by atoms with van der Waals surface area (Å²) in [7, 11) is 0. The van der Waals surface area contributed by atoms with Gasteiger partial charge in [-0.2, -0.15) is 4.73 Å². The first kappa shape index (κ1) is 17.4. The van der Waals surface area contributed by atoms with Gasteiger partial charge in [-0.05, 0) is 29.5 Å². The second kappa shape index (κ2) is 7.66. The molecule has 0 saturated carbocycles. The number of carbonyl (C=O) groups is 1. The van der Waals surface area contributed by atoms with Gasteiger partial charge >= 0.3 is 5.91 Å². The molecule has 2 heterocycles. The van der Waals surface area contributed by atoms with Gasteiger partial charge in [-0.15, -0.1) is 0 Å². The van der Waals surface area contributed by atoms with Crippen LogP contribution in [-0.4, -0.2) is 29.9 Å². The van der Waals surface area contributed by atoms with Crippen molar-refractivity contribution in [3.05, 3.63) is 70.7 Å². The summed E-state index contributed by atoms with van der Waals surface area (Å²) in [4.78, 5) is 14.8. The molecule has 0 unspecified atom stereocenters. The first-order valence-corrected chi connectivity index (χ1v) is 8.83. The molecule has 5 heteroatoms. The molecular weight excluding hydrogens is 314 g/mol. The van der Waals surface area contributed by atoms with Gasteiger partial charge in [0.2, 0.25) is 0 Å². The maximum Gasteiger partial charge on any atom is 0.317 e. The van der Waals surface area contributed by atoms with Gasteiger partial charge < -0.3 is 10.5 Å². The Balaban J connectivity index is 1.66. The van der Waals surface area contributed by atoms with Crippen LogP contribution in [0, 0.1) is 11.1 Å². The van der Waals surface area contributed by atoms with E-state index in [1.165, 1.54) is 17.3 Å². The fourth-order valence-electron chi connectivity index (χ4n) is 3.48. The Kier molecular flexibility index (Phi) is 5.34. The summed E-state index contributed by atoms with van der Waals surface area (Å²) >= 11 is 0. The lowest BCUT2D eigenvalue weighted by atomic mass is 9.95. The molecule has 0 spiro atoms. The minimum absolute atomic E-state index is 0.133. The Labute approximate surface area is 148 Å². The zero-order valence-electron chi connectivity index (χ0n) is 14.8. The summed E-state index contributed by atoms with van der Waals surface area (Å²) in [5, 5.41) is 14.7. The highest BCUT2D eigenvalue weighted by Gasteiger charge is 2.27. The standard InChI is InChI=1S/C20H25N3O2/c1-15(2)19(13-21-20(24)18-9-5-6-11-23(18)25)22-12-10-16-7-3-4-8-17(16)14-22/h3-9,11,15,19H,10,12-14H2,1-2H3,(H,21,24)/t19-/m0/s1. The average molecular weight is 339 g/mol. The summed E-state index contributed by atoms with van der Waals surface area (Å²) in [6, 6.07) is 13.6. The number of pyridine rings is 1. The van der Waals surface area contributed by atoms with E-state index in [1.54, 1.807) is 18.2 Å². The summed E-state index contributed by atoms with van der Waals surface area (Å²) in [6.45, 7) is 6.78. The topological polar surface area (TPSA) is 59.3 Å². The number of hydrogen-bond acceptors (Lipinski definition) is 3. The van der Waals surface area contributed by atoms with Crippen molar-refractivity contribution in [2.24, 2.45) is 5.92 Å². The van der Waals surface area contributed by atoms with E-state index in [0.717, 1.165) is 19.5 Å². The molecule has 1 atom stereocenters. The molecule has 2 aromatic rings. The molecule has 1 aliphatic heterocycles. The quantitative estimate of drug-likeness (QED) is 0.671. The van der Waals surface area contributed by atoms with E-state index in [0.29, 0.717) is 17.2 Å². The van der Waals surface area contributed by atoms with Crippen LogP contribution in [-0.2, 0) is 13.0 Å². The Bertz CT molecular complexity index is 745. The van der Waals surface area contributed by atoms with Crippen molar-refractivity contribution in [3.8, 4) is 0 Å². The molecule has 1 aliphatic rings. The summed E-state index contributed by atoms with van der Waals surface area (Å²) in [6.07, 6.45) is 2.38. The van der Waals surface area contributed by atoms with E-state index in [1.807, 2.05) is 0 Å². The predicted octanol–water partition coefficient (Wildman–Crippen LogP) is 2.13. The molecule has 1 aromatic heterocycles. The fourth-order valence-corrected chi connectivity index (χ4v) is 3.48. The highest BCUT2D eigenvalue weighted by atomic mass is 16.5. The van der Waals surface area contributed by atoms with Gasteiger partial charge in [-0.1, -0.05) is 38.1 Å². The third kappa shape index (κ3) is 3.99. The van der Waals surface area contributed by atoms with Crippen molar-refractivity contribution < 1.29 is 9.52 Å². The third-order valence-corrected chi connectivity index (χ3v) is 4.93. The minimum Gasteiger partial charge on any atom is -0.618 e. The van der Waals surface area contributed by atoms with E-state index in [4.69, 9.17) is 0 Å². The molecule has 0 radical (unpaired) electrons. The van der Waals surface area contributed by atoms with Crippen molar-refractivity contribution in [2.75, 3.05) is 13.1 Å². The van der Waals surface area contributed by atoms with Crippen LogP contribution in [0.5, 0.6) is 0 Å². The maximum absolute atomic E-state index is 12.3. The molecule has 0 saturated heterocycles. The molecule has 132 valence electrons. The molecule has 1 aromatic carbocycles. The number of rotatable bonds is 5. The number of amides is 1. The molecule has 1 N–H and O–H groups in total. The largest absolute Gasteiger partial charge is 0.618 e. The smallest absolute Gasteiger partial charge is 0.317 e. The van der Waals surface area contributed by atoms with E-state index in [9.17, 15) is 10.0 Å². The van der Waals surface area contributed by atoms with Gasteiger partial charge in [0, 0.05) is 37.8 Å². The monoisotopic (exact) mass is 339 g/mol. The molecule has 0 aliphatic carbocycles. The lowest BCUT2D eigenvalue weighted by Crippen LogP contribution is -2.49. The number of nitrogens with zero attached hydrogens (tertiary/aromatic N) is 2. The molecule has 3 rings (SSSR count). The predicted molar refractivity (Wildman–Crippen MR) is 96.9 cm³/mol. The first-order chi connectivity index (χ1) is 12.1. The highest BCUT2D eigenvalue weighted by Crippen LogP contribution is 2.22. The fraction of sp³-hybridized carbons (Fsp3) is 0.400. The van der Waals surface area contributed by atoms with Crippen LogP contribution in [0.4, 0.5) is 0 Å². The zero-order valence-corrected chi connectivity index (χ0v) is 14.8. The third-order valence-electron chi connectivity index (χ3n) is 4.93. The summed E-state index contributed by atoms with van der Waals surface area (Å²) in [5.74, 6) is 0.0828. The van der Waals surface area contributed by atoms with Crippen LogP contribution in [0.3, 0.4) is 0 Å². The molecular formula is C20H25N3O2. The number of aromatic nitrogens is 1. The molecule has 1 amide bonds. The van der Waals surface area contributed by atoms with Crippen molar-refractivity contribution >= 4 is 5.91 Å². The Morgan fingerprint density at radius 3 is 2.64 bits per heavy atom. The van der Waals surface area contributed by atoms with Crippen LogP contribution in [0.1, 0.15) is 35.5 Å². The van der Waals surface area contributed by atoms with E-state index >= 15 is 0 Å². The van der Waals surface area contributed by atoms with E-state index in [2.05, 4.69) is 48.3 Å². The van der Waals surface area contributed by atoms with Gasteiger partial charge in [0.1, 0.15) is 0 Å². The van der Waals surface area contributed by atoms with Crippen LogP contribution in [0.2, 0.25) is 0 Å². The SMILES string of the molecule is CC(C)[C@H](CNC(=O)c1cccc[n+]1[O-])N1CCc2ccccc2C1. The van der Waals surface area contributed by atoms with Crippen molar-refractivity contribution in [2.45, 2.75) is 32.9 Å². The van der Waals surface area contributed by atoms with Gasteiger partial charge in [0.25, 0.3) is 5.69 Å². The molecule has 0 fully saturated rings. The molecule has 25 heavy (non-hydrogen) atoms. The molecule has 5 nitrogen and oxygen atoms in total. The van der Waals surface area contributed by atoms with Gasteiger partial charge in [-0.25, -0.2) is 0 Å². The van der Waals surface area contributed by atoms with Crippen molar-refractivity contribution in [3.63, 3.8) is 0 Å². The number of fused-ring (bicyclic) bond motifs is 1. The normalized spacial score (nSPS) is 15.6. The minimum atomic E-state index is -0.321. The second-order valence-electron chi connectivity index (χ2n) is 6.92. The van der Waals surface area contributed by atoms with Crippen LogP contribution >= 0.6 is 0 Å². The lowest BCUT2D eigenvalue weighted by molar-refractivity contribution is -0.607. The maximum atomic E-state index is 12.3. The van der Waals surface area contributed by atoms with Crippen LogP contribution in [0.25, 0.3) is 0 Å². The summed E-state index contributed by atoms with van der Waals surface area (Å²) < 4.78 is 0.608. The first-order valence-electron chi connectivity index (χ1n) is 8.83.